The predicted octanol–water partition coefficient (Wildman–Crippen LogP) is 3.51. The van der Waals surface area contributed by atoms with E-state index in [0.29, 0.717) is 29.6 Å². The Balaban J connectivity index is 0. The molecule has 0 bridgehead atoms. The maximum Gasteiger partial charge on any atom is 0.373 e. The number of oxazole rings is 2. The van der Waals surface area contributed by atoms with Gasteiger partial charge in [0.25, 0.3) is 0 Å². The second kappa shape index (κ2) is 9.39. The van der Waals surface area contributed by atoms with Crippen molar-refractivity contribution in [3.05, 3.63) is 34.7 Å². The maximum absolute atomic E-state index is 10.4. The minimum Gasteiger partial charge on any atom is -0.475 e. The Morgan fingerprint density at radius 3 is 1.57 bits per heavy atom. The molecule has 8 nitrogen and oxygen atoms in total. The van der Waals surface area contributed by atoms with Crippen molar-refractivity contribution in [3.8, 4) is 0 Å². The predicted molar refractivity (Wildman–Crippen MR) is 84.0 cm³/mol. The lowest BCUT2D eigenvalue weighted by Gasteiger charge is -1.84. The molecule has 2 heterocycles. The highest BCUT2D eigenvalue weighted by molar-refractivity contribution is 5.85. The van der Waals surface area contributed by atoms with Gasteiger partial charge in [-0.05, 0) is 13.8 Å². The SMILES string of the molecule is C.C.CCc1nc(C)c(C(=O)O)o1.Cc1nc(C)c(C(=O)O)o1. The van der Waals surface area contributed by atoms with Gasteiger partial charge in [-0.15, -0.1) is 0 Å². The summed E-state index contributed by atoms with van der Waals surface area (Å²) in [5.41, 5.74) is 0.861. The lowest BCUT2D eigenvalue weighted by Crippen LogP contribution is -1.95. The molecular weight excluding hydrogens is 304 g/mol. The number of aromatic nitrogens is 2. The Bertz CT molecular complexity index is 657. The normalized spacial score (nSPS) is 9.04. The van der Waals surface area contributed by atoms with Crippen molar-refractivity contribution in [1.29, 1.82) is 0 Å². The van der Waals surface area contributed by atoms with Crippen LogP contribution in [-0.2, 0) is 6.42 Å². The van der Waals surface area contributed by atoms with Gasteiger partial charge in [-0.1, -0.05) is 21.8 Å². The molecule has 2 aromatic rings. The van der Waals surface area contributed by atoms with Gasteiger partial charge in [0.15, 0.2) is 11.8 Å². The first-order chi connectivity index (χ1) is 9.76. The summed E-state index contributed by atoms with van der Waals surface area (Å²) < 4.78 is 9.68. The van der Waals surface area contributed by atoms with Gasteiger partial charge < -0.3 is 19.0 Å². The molecule has 2 rings (SSSR count). The maximum atomic E-state index is 10.4. The number of carboxylic acids is 2. The van der Waals surface area contributed by atoms with E-state index in [-0.39, 0.29) is 26.4 Å². The van der Waals surface area contributed by atoms with E-state index >= 15 is 0 Å². The molecule has 0 unspecified atom stereocenters. The van der Waals surface area contributed by atoms with Crippen LogP contribution < -0.4 is 0 Å². The number of carboxylic acid groups (broad SMARTS) is 2. The number of hydrogen-bond acceptors (Lipinski definition) is 6. The fourth-order valence-electron chi connectivity index (χ4n) is 1.53. The lowest BCUT2D eigenvalue weighted by molar-refractivity contribution is 0.0650. The average molecular weight is 328 g/mol. The van der Waals surface area contributed by atoms with Gasteiger partial charge >= 0.3 is 11.9 Å². The van der Waals surface area contributed by atoms with Gasteiger partial charge in [0, 0.05) is 13.3 Å². The van der Waals surface area contributed by atoms with E-state index in [1.54, 1.807) is 20.8 Å². The third-order valence-corrected chi connectivity index (χ3v) is 2.44. The van der Waals surface area contributed by atoms with Crippen molar-refractivity contribution < 1.29 is 28.6 Å². The first-order valence-corrected chi connectivity index (χ1v) is 6.13. The third kappa shape index (κ3) is 5.93. The summed E-state index contributed by atoms with van der Waals surface area (Å²) in [4.78, 5) is 28.4. The molecule has 0 aliphatic carbocycles. The smallest absolute Gasteiger partial charge is 0.373 e. The summed E-state index contributed by atoms with van der Waals surface area (Å²) in [7, 11) is 0. The van der Waals surface area contributed by atoms with E-state index in [1.165, 1.54) is 0 Å². The van der Waals surface area contributed by atoms with Crippen molar-refractivity contribution in [2.24, 2.45) is 0 Å². The van der Waals surface area contributed by atoms with Crippen LogP contribution in [-0.4, -0.2) is 32.1 Å². The number of aryl methyl sites for hydroxylation is 4. The van der Waals surface area contributed by atoms with E-state index in [9.17, 15) is 9.59 Å². The Morgan fingerprint density at radius 1 is 0.913 bits per heavy atom. The van der Waals surface area contributed by atoms with E-state index < -0.39 is 11.9 Å². The third-order valence-electron chi connectivity index (χ3n) is 2.44. The molecular formula is C15H24N2O6. The molecule has 0 fully saturated rings. The molecule has 2 aromatic heterocycles. The van der Waals surface area contributed by atoms with E-state index in [4.69, 9.17) is 19.0 Å². The zero-order valence-electron chi connectivity index (χ0n) is 12.1. The summed E-state index contributed by atoms with van der Waals surface area (Å²) >= 11 is 0. The van der Waals surface area contributed by atoms with Crippen LogP contribution in [0.3, 0.4) is 0 Å². The number of carbonyl (C=O) groups is 2. The molecule has 23 heavy (non-hydrogen) atoms. The van der Waals surface area contributed by atoms with Crippen LogP contribution in [0.4, 0.5) is 0 Å². The van der Waals surface area contributed by atoms with Gasteiger partial charge in [-0.25, -0.2) is 19.6 Å². The van der Waals surface area contributed by atoms with Crippen LogP contribution in [0.15, 0.2) is 8.83 Å². The lowest BCUT2D eigenvalue weighted by atomic mass is 10.4. The van der Waals surface area contributed by atoms with Gasteiger partial charge in [-0.2, -0.15) is 0 Å². The van der Waals surface area contributed by atoms with Crippen LogP contribution in [0.25, 0.3) is 0 Å². The Morgan fingerprint density at radius 2 is 1.35 bits per heavy atom. The highest BCUT2D eigenvalue weighted by Gasteiger charge is 2.14. The summed E-state index contributed by atoms with van der Waals surface area (Å²) in [5, 5.41) is 17.0. The number of nitrogens with zero attached hydrogens (tertiary/aromatic N) is 2. The van der Waals surface area contributed by atoms with E-state index in [2.05, 4.69) is 9.97 Å². The second-order valence-corrected chi connectivity index (χ2v) is 4.13. The van der Waals surface area contributed by atoms with E-state index in [0.717, 1.165) is 0 Å². The van der Waals surface area contributed by atoms with Crippen molar-refractivity contribution in [3.63, 3.8) is 0 Å². The number of rotatable bonds is 3. The van der Waals surface area contributed by atoms with Crippen LogP contribution in [0.2, 0.25) is 0 Å². The zero-order valence-corrected chi connectivity index (χ0v) is 12.1. The largest absolute Gasteiger partial charge is 0.475 e. The first kappa shape index (κ1) is 22.6. The Hall–Kier alpha value is -2.64. The molecule has 0 saturated carbocycles. The fraction of sp³-hybridized carbons (Fsp3) is 0.467. The van der Waals surface area contributed by atoms with Crippen molar-refractivity contribution >= 4 is 11.9 Å². The minimum absolute atomic E-state index is 0. The van der Waals surface area contributed by atoms with Crippen LogP contribution in [0.5, 0.6) is 0 Å². The molecule has 0 spiro atoms. The van der Waals surface area contributed by atoms with Crippen LogP contribution >= 0.6 is 0 Å². The molecule has 130 valence electrons. The minimum atomic E-state index is -1.07. The number of aromatic carboxylic acids is 2. The van der Waals surface area contributed by atoms with Crippen molar-refractivity contribution in [1.82, 2.24) is 9.97 Å². The summed E-state index contributed by atoms with van der Waals surface area (Å²) in [5.74, 6) is -1.40. The second-order valence-electron chi connectivity index (χ2n) is 4.13. The zero-order chi connectivity index (χ0) is 16.2. The molecule has 0 amide bonds. The van der Waals surface area contributed by atoms with Gasteiger partial charge in [-0.3, -0.25) is 0 Å². The van der Waals surface area contributed by atoms with Crippen molar-refractivity contribution in [2.75, 3.05) is 0 Å². The average Bonchev–Trinajstić information content (AvgIpc) is 2.92. The topological polar surface area (TPSA) is 127 Å². The van der Waals surface area contributed by atoms with Crippen LogP contribution in [0.1, 0.15) is 66.1 Å². The van der Waals surface area contributed by atoms with E-state index in [1.807, 2.05) is 6.92 Å². The van der Waals surface area contributed by atoms with Gasteiger partial charge in [0.05, 0.1) is 11.4 Å². The molecule has 0 aliphatic rings. The monoisotopic (exact) mass is 328 g/mol. The number of hydrogen-bond donors (Lipinski definition) is 2. The molecule has 0 aliphatic heterocycles. The molecule has 2 N–H and O–H groups in total. The molecule has 0 saturated heterocycles. The Kier molecular flexibility index (Phi) is 9.24. The molecule has 8 heteroatoms. The van der Waals surface area contributed by atoms with Gasteiger partial charge in [0.2, 0.25) is 11.5 Å². The summed E-state index contributed by atoms with van der Waals surface area (Å²) in [6.45, 7) is 6.68. The first-order valence-electron chi connectivity index (χ1n) is 6.13. The molecule has 0 radical (unpaired) electrons. The van der Waals surface area contributed by atoms with Crippen molar-refractivity contribution in [2.45, 2.75) is 49.0 Å². The highest BCUT2D eigenvalue weighted by atomic mass is 16.4. The standard InChI is InChI=1S/C7H9NO3.C6H7NO3.2CH4/c1-3-5-8-4(2)6(11-5)7(9)10;1-3-5(6(8)9)10-4(2)7-3;;/h3H2,1-2H3,(H,9,10);1-2H3,(H,8,9);2*1H4. The summed E-state index contributed by atoms with van der Waals surface area (Å²) in [6, 6.07) is 0. The van der Waals surface area contributed by atoms with Gasteiger partial charge in [0.1, 0.15) is 0 Å². The van der Waals surface area contributed by atoms with Crippen LogP contribution in [0, 0.1) is 20.8 Å². The Labute approximate surface area is 135 Å². The quantitative estimate of drug-likeness (QED) is 0.876. The molecule has 0 aromatic carbocycles. The summed E-state index contributed by atoms with van der Waals surface area (Å²) in [6.07, 6.45) is 0.619. The highest BCUT2D eigenvalue weighted by Crippen LogP contribution is 2.10. The fourth-order valence-corrected chi connectivity index (χ4v) is 1.53. The molecule has 0 atom stereocenters.